The second-order valence-electron chi connectivity index (χ2n) is 6.26. The molecule has 4 atom stereocenters. The standard InChI is InChI=1S/C12H20N4O8S/c13-11(17)10-2-1-9-5-16(10,12(18)15(9)24-25(19,20)21)23-7-8-6-22-4-3-14-8/h8-10,14H,1-7H2,(H2-,13,17,19,20,21)/p+1/t8?,9-,10+,16?/m1/s1. The number of nitrogens with two attached hydrogens (primary N) is 1. The molecular formula is C12H21N4O8S+. The van der Waals surface area contributed by atoms with Crippen LogP contribution in [0.2, 0.25) is 0 Å². The van der Waals surface area contributed by atoms with Crippen LogP contribution in [0.1, 0.15) is 12.8 Å². The molecule has 0 saturated carbocycles. The molecule has 0 aromatic carbocycles. The number of carbonyl (C=O) groups is 2. The number of rotatable bonds is 6. The molecule has 0 spiro atoms. The normalized spacial score (nSPS) is 35.8. The molecule has 3 rings (SSSR count). The summed E-state index contributed by atoms with van der Waals surface area (Å²) >= 11 is 0. The van der Waals surface area contributed by atoms with E-state index in [1.165, 1.54) is 0 Å². The predicted octanol–water partition coefficient (Wildman–Crippen LogP) is -2.09. The molecule has 3 amide bonds. The van der Waals surface area contributed by atoms with E-state index in [0.29, 0.717) is 31.2 Å². The van der Waals surface area contributed by atoms with Crippen molar-refractivity contribution in [1.82, 2.24) is 10.4 Å². The summed E-state index contributed by atoms with van der Waals surface area (Å²) in [7, 11) is -4.89. The van der Waals surface area contributed by atoms with Gasteiger partial charge in [0.15, 0.2) is 0 Å². The Hall–Kier alpha value is -1.35. The smallest absolute Gasteiger partial charge is 0.378 e. The molecule has 3 heterocycles. The molecule has 0 radical (unpaired) electrons. The summed E-state index contributed by atoms with van der Waals surface area (Å²) in [6.07, 6.45) is 0.523. The first-order valence-electron chi connectivity index (χ1n) is 7.86. The average molecular weight is 381 g/mol. The number of quaternary nitrogens is 1. The second-order valence-corrected chi connectivity index (χ2v) is 7.26. The lowest BCUT2D eigenvalue weighted by molar-refractivity contribution is -1.05. The van der Waals surface area contributed by atoms with Crippen molar-refractivity contribution in [3.8, 4) is 0 Å². The molecule has 25 heavy (non-hydrogen) atoms. The van der Waals surface area contributed by atoms with Crippen LogP contribution in [0.4, 0.5) is 4.79 Å². The van der Waals surface area contributed by atoms with Crippen molar-refractivity contribution in [2.75, 3.05) is 32.9 Å². The maximum Gasteiger partial charge on any atom is 0.477 e. The number of amides is 3. The van der Waals surface area contributed by atoms with E-state index in [2.05, 4.69) is 9.60 Å². The summed E-state index contributed by atoms with van der Waals surface area (Å²) in [5.41, 5.74) is 5.43. The highest BCUT2D eigenvalue weighted by molar-refractivity contribution is 7.80. The summed E-state index contributed by atoms with van der Waals surface area (Å²) in [4.78, 5) is 30.4. The highest BCUT2D eigenvalue weighted by Gasteiger charge is 2.65. The molecule has 12 nitrogen and oxygen atoms in total. The van der Waals surface area contributed by atoms with E-state index < -0.39 is 39.1 Å². The van der Waals surface area contributed by atoms with Crippen molar-refractivity contribution in [1.29, 1.82) is 0 Å². The number of carbonyl (C=O) groups excluding carboxylic acids is 2. The van der Waals surface area contributed by atoms with Gasteiger partial charge in [-0.1, -0.05) is 4.65 Å². The predicted molar refractivity (Wildman–Crippen MR) is 79.6 cm³/mol. The lowest BCUT2D eigenvalue weighted by atomic mass is 10.00. The van der Waals surface area contributed by atoms with Crippen molar-refractivity contribution in [2.45, 2.75) is 31.0 Å². The molecule has 4 N–H and O–H groups in total. The summed E-state index contributed by atoms with van der Waals surface area (Å²) in [6, 6.07) is -2.69. The van der Waals surface area contributed by atoms with E-state index in [1.54, 1.807) is 0 Å². The zero-order valence-electron chi connectivity index (χ0n) is 13.4. The zero-order chi connectivity index (χ0) is 18.2. The third-order valence-corrected chi connectivity index (χ3v) is 4.96. The second kappa shape index (κ2) is 6.75. The van der Waals surface area contributed by atoms with Crippen LogP contribution in [0.25, 0.3) is 0 Å². The molecule has 3 saturated heterocycles. The number of morpholine rings is 1. The number of primary amides is 1. The molecule has 3 fully saturated rings. The van der Waals surface area contributed by atoms with Crippen molar-refractivity contribution >= 4 is 22.3 Å². The average Bonchev–Trinajstić information content (AvgIpc) is 2.74. The molecule has 2 bridgehead atoms. The number of nitrogens with one attached hydrogen (secondary N) is 1. The molecule has 0 aromatic rings. The minimum atomic E-state index is -4.89. The molecule has 13 heteroatoms. The number of hydrogen-bond donors (Lipinski definition) is 3. The summed E-state index contributed by atoms with van der Waals surface area (Å²) in [5.74, 6) is -0.728. The Kier molecular flexibility index (Phi) is 4.98. The first kappa shape index (κ1) is 18.4. The number of nitrogens with zero attached hydrogens (tertiary/aromatic N) is 2. The van der Waals surface area contributed by atoms with Gasteiger partial charge in [-0.05, 0) is 6.42 Å². The van der Waals surface area contributed by atoms with Crippen LogP contribution in [0, 0.1) is 0 Å². The number of fused-ring (bicyclic) bond motifs is 2. The van der Waals surface area contributed by atoms with Gasteiger partial charge in [-0.15, -0.1) is 9.35 Å². The summed E-state index contributed by atoms with van der Waals surface area (Å²) in [5, 5.41) is 3.71. The fourth-order valence-corrected chi connectivity index (χ4v) is 3.89. The van der Waals surface area contributed by atoms with Gasteiger partial charge in [-0.25, -0.2) is 4.79 Å². The SMILES string of the molecule is NC(=O)[C@@H]1CC[C@@H]2C[N+]1(OCC1COCCN1)C(=O)N2OS(=O)(=O)O. The van der Waals surface area contributed by atoms with E-state index in [1.807, 2.05) is 0 Å². The summed E-state index contributed by atoms with van der Waals surface area (Å²) < 4.78 is 39.9. The first-order valence-corrected chi connectivity index (χ1v) is 9.23. The van der Waals surface area contributed by atoms with Gasteiger partial charge in [0.1, 0.15) is 19.2 Å². The Morgan fingerprint density at radius 2 is 2.24 bits per heavy atom. The van der Waals surface area contributed by atoms with Crippen molar-refractivity contribution in [2.24, 2.45) is 5.73 Å². The van der Waals surface area contributed by atoms with E-state index in [-0.39, 0.29) is 25.6 Å². The largest absolute Gasteiger partial charge is 0.477 e. The highest BCUT2D eigenvalue weighted by Crippen LogP contribution is 2.38. The fraction of sp³-hybridized carbons (Fsp3) is 0.833. The maximum atomic E-state index is 12.8. The van der Waals surface area contributed by atoms with E-state index in [0.717, 1.165) is 0 Å². The molecule has 3 aliphatic rings. The van der Waals surface area contributed by atoms with Gasteiger partial charge in [0.05, 0.1) is 19.3 Å². The fourth-order valence-electron chi connectivity index (χ4n) is 3.51. The van der Waals surface area contributed by atoms with Gasteiger partial charge >= 0.3 is 16.4 Å². The number of hydrogen-bond acceptors (Lipinski definition) is 8. The van der Waals surface area contributed by atoms with Crippen LogP contribution in [-0.2, 0) is 29.1 Å². The zero-order valence-corrected chi connectivity index (χ0v) is 14.2. The minimum absolute atomic E-state index is 0.00443. The highest BCUT2D eigenvalue weighted by atomic mass is 32.3. The molecule has 142 valence electrons. The van der Waals surface area contributed by atoms with Gasteiger partial charge < -0.3 is 15.8 Å². The van der Waals surface area contributed by atoms with Crippen molar-refractivity contribution in [3.63, 3.8) is 0 Å². The van der Waals surface area contributed by atoms with Crippen molar-refractivity contribution < 1.29 is 41.1 Å². The Morgan fingerprint density at radius 3 is 2.84 bits per heavy atom. The van der Waals surface area contributed by atoms with Crippen LogP contribution in [0.3, 0.4) is 0 Å². The van der Waals surface area contributed by atoms with Crippen LogP contribution in [0.15, 0.2) is 0 Å². The molecule has 0 aromatic heterocycles. The Balaban J connectivity index is 1.82. The number of urea groups is 1. The third-order valence-electron chi connectivity index (χ3n) is 4.61. The monoisotopic (exact) mass is 381 g/mol. The quantitative estimate of drug-likeness (QED) is 0.346. The lowest BCUT2D eigenvalue weighted by Crippen LogP contribution is -2.64. The minimum Gasteiger partial charge on any atom is -0.378 e. The molecule has 2 unspecified atom stereocenters. The van der Waals surface area contributed by atoms with E-state index >= 15 is 0 Å². The first-order chi connectivity index (χ1) is 11.7. The van der Waals surface area contributed by atoms with Crippen LogP contribution < -0.4 is 11.1 Å². The summed E-state index contributed by atoms with van der Waals surface area (Å²) in [6.45, 7) is 1.63. The van der Waals surface area contributed by atoms with Gasteiger partial charge in [0.2, 0.25) is 6.04 Å². The van der Waals surface area contributed by atoms with E-state index in [9.17, 15) is 18.0 Å². The van der Waals surface area contributed by atoms with E-state index in [4.69, 9.17) is 19.9 Å². The van der Waals surface area contributed by atoms with Gasteiger partial charge in [-0.2, -0.15) is 13.3 Å². The van der Waals surface area contributed by atoms with Crippen LogP contribution >= 0.6 is 0 Å². The van der Waals surface area contributed by atoms with Gasteiger partial charge in [-0.3, -0.25) is 9.35 Å². The Bertz CT molecular complexity index is 652. The van der Waals surface area contributed by atoms with Gasteiger partial charge in [0, 0.05) is 13.0 Å². The van der Waals surface area contributed by atoms with Crippen LogP contribution in [0.5, 0.6) is 0 Å². The maximum absolute atomic E-state index is 12.8. The Morgan fingerprint density at radius 1 is 1.48 bits per heavy atom. The Labute approximate surface area is 144 Å². The molecule has 0 aliphatic carbocycles. The molecular weight excluding hydrogens is 360 g/mol. The van der Waals surface area contributed by atoms with Gasteiger partial charge in [0.25, 0.3) is 5.91 Å². The topological polar surface area (TPSA) is 157 Å². The third kappa shape index (κ3) is 3.62. The number of ether oxygens (including phenoxy) is 1. The number of hydroxylamine groups is 5. The van der Waals surface area contributed by atoms with Crippen LogP contribution in [-0.4, -0.2) is 85.7 Å². The van der Waals surface area contributed by atoms with Crippen molar-refractivity contribution in [3.05, 3.63) is 0 Å². The number of piperidine rings is 1. The molecule has 3 aliphatic heterocycles. The lowest BCUT2D eigenvalue weighted by Gasteiger charge is -2.36.